The van der Waals surface area contributed by atoms with Crippen LogP contribution in [-0.4, -0.2) is 31.3 Å². The molecule has 0 aliphatic heterocycles. The summed E-state index contributed by atoms with van der Waals surface area (Å²) in [5, 5.41) is 2.32. The molecular formula is C10H11FN2O3S2. The van der Waals surface area contributed by atoms with Crippen LogP contribution in [-0.2, 0) is 14.6 Å². The van der Waals surface area contributed by atoms with Crippen molar-refractivity contribution in [2.24, 2.45) is 5.73 Å². The van der Waals surface area contributed by atoms with E-state index >= 15 is 0 Å². The molecule has 1 aromatic rings. The van der Waals surface area contributed by atoms with Crippen LogP contribution in [0.2, 0.25) is 0 Å². The van der Waals surface area contributed by atoms with Crippen LogP contribution in [0.5, 0.6) is 0 Å². The van der Waals surface area contributed by atoms with Crippen molar-refractivity contribution in [2.45, 2.75) is 0 Å². The summed E-state index contributed by atoms with van der Waals surface area (Å²) in [6.07, 6.45) is 0.942. The molecule has 0 unspecified atom stereocenters. The monoisotopic (exact) mass is 290 g/mol. The maximum absolute atomic E-state index is 13.3. The predicted octanol–water partition coefficient (Wildman–Crippen LogP) is 0.443. The van der Waals surface area contributed by atoms with Crippen molar-refractivity contribution in [3.8, 4) is 0 Å². The van der Waals surface area contributed by atoms with Crippen molar-refractivity contribution in [3.63, 3.8) is 0 Å². The highest BCUT2D eigenvalue weighted by Gasteiger charge is 2.12. The normalized spacial score (nSPS) is 11.0. The van der Waals surface area contributed by atoms with Gasteiger partial charge in [0.1, 0.15) is 16.6 Å². The number of hydrogen-bond donors (Lipinski definition) is 2. The van der Waals surface area contributed by atoms with Crippen molar-refractivity contribution >= 4 is 38.6 Å². The Morgan fingerprint density at radius 2 is 2.11 bits per heavy atom. The summed E-state index contributed by atoms with van der Waals surface area (Å²) in [6.45, 7) is 0. The van der Waals surface area contributed by atoms with Crippen molar-refractivity contribution < 1.29 is 17.6 Å². The van der Waals surface area contributed by atoms with E-state index in [1.807, 2.05) is 0 Å². The van der Waals surface area contributed by atoms with Gasteiger partial charge in [0.05, 0.1) is 0 Å². The lowest BCUT2D eigenvalue weighted by atomic mass is 10.2. The summed E-state index contributed by atoms with van der Waals surface area (Å²) < 4.78 is 35.1. The van der Waals surface area contributed by atoms with E-state index in [0.717, 1.165) is 12.3 Å². The largest absolute Gasteiger partial charge is 0.389 e. The molecule has 0 fully saturated rings. The fraction of sp³-hybridized carbons (Fsp3) is 0.200. The Kier molecular flexibility index (Phi) is 4.36. The minimum Gasteiger partial charge on any atom is -0.389 e. The zero-order valence-corrected chi connectivity index (χ0v) is 11.1. The Hall–Kier alpha value is -1.54. The molecule has 1 amide bonds. The number of sulfone groups is 1. The lowest BCUT2D eigenvalue weighted by molar-refractivity contribution is -0.113. The molecule has 0 saturated carbocycles. The number of hydrogen-bond acceptors (Lipinski definition) is 4. The molecule has 0 heterocycles. The molecular weight excluding hydrogens is 279 g/mol. The number of halogens is 1. The van der Waals surface area contributed by atoms with Gasteiger partial charge in [-0.1, -0.05) is 12.2 Å². The maximum atomic E-state index is 13.3. The number of benzene rings is 1. The second-order valence-corrected chi connectivity index (χ2v) is 6.26. The van der Waals surface area contributed by atoms with Crippen LogP contribution in [0.15, 0.2) is 18.2 Å². The smallest absolute Gasteiger partial charge is 0.239 e. The Morgan fingerprint density at radius 1 is 1.50 bits per heavy atom. The second-order valence-electron chi connectivity index (χ2n) is 3.68. The van der Waals surface area contributed by atoms with E-state index in [-0.39, 0.29) is 16.2 Å². The molecule has 0 bridgehead atoms. The van der Waals surface area contributed by atoms with E-state index in [9.17, 15) is 17.6 Å². The van der Waals surface area contributed by atoms with Crippen LogP contribution in [0.4, 0.5) is 10.1 Å². The summed E-state index contributed by atoms with van der Waals surface area (Å²) >= 11 is 4.64. The predicted molar refractivity (Wildman–Crippen MR) is 70.6 cm³/mol. The maximum Gasteiger partial charge on any atom is 0.239 e. The summed E-state index contributed by atoms with van der Waals surface area (Å²) in [4.78, 5) is 11.2. The number of rotatable bonds is 4. The molecule has 0 aliphatic carbocycles. The number of thiocarbonyl (C=S) groups is 1. The number of nitrogens with two attached hydrogens (primary N) is 1. The van der Waals surface area contributed by atoms with Crippen LogP contribution in [0.25, 0.3) is 0 Å². The first-order valence-corrected chi connectivity index (χ1v) is 7.23. The Balaban J connectivity index is 2.89. The molecule has 8 heteroatoms. The van der Waals surface area contributed by atoms with Crippen LogP contribution >= 0.6 is 12.2 Å². The van der Waals surface area contributed by atoms with Gasteiger partial charge in [-0.2, -0.15) is 0 Å². The first-order valence-electron chi connectivity index (χ1n) is 4.76. The number of amides is 1. The van der Waals surface area contributed by atoms with E-state index in [1.165, 1.54) is 12.1 Å². The van der Waals surface area contributed by atoms with E-state index in [4.69, 9.17) is 5.73 Å². The first-order chi connectivity index (χ1) is 8.19. The highest BCUT2D eigenvalue weighted by molar-refractivity contribution is 7.91. The SMILES string of the molecule is CS(=O)(=O)CC(=O)Nc1ccc(F)c(C(N)=S)c1. The third kappa shape index (κ3) is 4.38. The molecule has 1 aromatic carbocycles. The standard InChI is InChI=1S/C10H11FN2O3S2/c1-18(15,16)5-9(14)13-6-2-3-8(11)7(4-6)10(12)17/h2-4H,5H2,1H3,(H2,12,17)(H,13,14). The Labute approximate surface area is 109 Å². The van der Waals surface area contributed by atoms with Crippen LogP contribution < -0.4 is 11.1 Å². The molecule has 0 aliphatic rings. The number of nitrogens with one attached hydrogen (secondary N) is 1. The van der Waals surface area contributed by atoms with E-state index in [0.29, 0.717) is 0 Å². The van der Waals surface area contributed by atoms with Gasteiger partial charge < -0.3 is 11.1 Å². The molecule has 0 saturated heterocycles. The average molecular weight is 290 g/mol. The number of anilines is 1. The highest BCUT2D eigenvalue weighted by atomic mass is 32.2. The molecule has 1 rings (SSSR count). The van der Waals surface area contributed by atoms with Gasteiger partial charge in [0.15, 0.2) is 9.84 Å². The van der Waals surface area contributed by atoms with Gasteiger partial charge in [-0.05, 0) is 18.2 Å². The molecule has 0 radical (unpaired) electrons. The van der Waals surface area contributed by atoms with Gasteiger partial charge in [-0.25, -0.2) is 12.8 Å². The van der Waals surface area contributed by atoms with Crippen molar-refractivity contribution in [2.75, 3.05) is 17.3 Å². The lowest BCUT2D eigenvalue weighted by Gasteiger charge is -2.07. The van der Waals surface area contributed by atoms with Crippen molar-refractivity contribution in [1.82, 2.24) is 0 Å². The molecule has 0 atom stereocenters. The fourth-order valence-corrected chi connectivity index (χ4v) is 1.93. The van der Waals surface area contributed by atoms with Crippen molar-refractivity contribution in [3.05, 3.63) is 29.6 Å². The highest BCUT2D eigenvalue weighted by Crippen LogP contribution is 2.14. The van der Waals surface area contributed by atoms with Gasteiger partial charge in [-0.3, -0.25) is 4.79 Å². The van der Waals surface area contributed by atoms with E-state index < -0.39 is 27.3 Å². The zero-order chi connectivity index (χ0) is 13.9. The van der Waals surface area contributed by atoms with Gasteiger partial charge >= 0.3 is 0 Å². The third-order valence-electron chi connectivity index (χ3n) is 1.91. The minimum absolute atomic E-state index is 0.0119. The summed E-state index contributed by atoms with van der Waals surface area (Å²) in [5.41, 5.74) is 5.52. The van der Waals surface area contributed by atoms with Gasteiger partial charge in [-0.15, -0.1) is 0 Å². The fourth-order valence-electron chi connectivity index (χ4n) is 1.23. The summed E-state index contributed by atoms with van der Waals surface area (Å²) in [6, 6.07) is 3.62. The van der Waals surface area contributed by atoms with E-state index in [2.05, 4.69) is 17.5 Å². The Bertz CT molecular complexity index is 599. The van der Waals surface area contributed by atoms with Crippen LogP contribution in [0, 0.1) is 5.82 Å². The lowest BCUT2D eigenvalue weighted by Crippen LogP contribution is -2.22. The van der Waals surface area contributed by atoms with Gasteiger partial charge in [0.25, 0.3) is 0 Å². The van der Waals surface area contributed by atoms with Gasteiger partial charge in [0.2, 0.25) is 5.91 Å². The summed E-state index contributed by atoms with van der Waals surface area (Å²) in [7, 11) is -3.41. The molecule has 18 heavy (non-hydrogen) atoms. The molecule has 0 spiro atoms. The topological polar surface area (TPSA) is 89.3 Å². The van der Waals surface area contributed by atoms with Crippen molar-refractivity contribution in [1.29, 1.82) is 0 Å². The number of carbonyl (C=O) groups is 1. The minimum atomic E-state index is -3.41. The average Bonchev–Trinajstić information content (AvgIpc) is 2.17. The quantitative estimate of drug-likeness (QED) is 0.786. The van der Waals surface area contributed by atoms with E-state index in [1.54, 1.807) is 0 Å². The van der Waals surface area contributed by atoms with Gasteiger partial charge in [0, 0.05) is 17.5 Å². The first kappa shape index (κ1) is 14.5. The van der Waals surface area contributed by atoms with Crippen LogP contribution in [0.3, 0.4) is 0 Å². The zero-order valence-electron chi connectivity index (χ0n) is 9.44. The molecule has 0 aromatic heterocycles. The number of carbonyl (C=O) groups excluding carboxylic acids is 1. The molecule has 98 valence electrons. The van der Waals surface area contributed by atoms with Crippen LogP contribution in [0.1, 0.15) is 5.56 Å². The second kappa shape index (κ2) is 5.40. The molecule has 3 N–H and O–H groups in total. The molecule has 5 nitrogen and oxygen atoms in total. The summed E-state index contributed by atoms with van der Waals surface area (Å²) in [5.74, 6) is -1.96. The third-order valence-corrected chi connectivity index (χ3v) is 2.92. The Morgan fingerprint density at radius 3 is 2.61 bits per heavy atom.